The second-order valence-electron chi connectivity index (χ2n) is 5.44. The third-order valence-electron chi connectivity index (χ3n) is 5.58. The van der Waals surface area contributed by atoms with Crippen molar-refractivity contribution in [3.8, 4) is 0 Å². The molecule has 0 radical (unpaired) electrons. The van der Waals surface area contributed by atoms with Crippen LogP contribution in [0.25, 0.3) is 0 Å². The molecule has 0 amide bonds. The van der Waals surface area contributed by atoms with Gasteiger partial charge in [-0.2, -0.15) is 0 Å². The van der Waals surface area contributed by atoms with E-state index in [0.29, 0.717) is 10.8 Å². The van der Waals surface area contributed by atoms with E-state index >= 15 is 0 Å². The van der Waals surface area contributed by atoms with Crippen LogP contribution in [0.1, 0.15) is 80.6 Å². The largest absolute Gasteiger partial charge is 0.0651 e. The van der Waals surface area contributed by atoms with Crippen molar-refractivity contribution < 1.29 is 0 Å². The van der Waals surface area contributed by atoms with Crippen molar-refractivity contribution in [1.29, 1.82) is 0 Å². The highest BCUT2D eigenvalue weighted by atomic mass is 14.5. The third kappa shape index (κ3) is 2.40. The number of hydrogen-bond donors (Lipinski definition) is 0. The summed E-state index contributed by atoms with van der Waals surface area (Å²) in [6.07, 6.45) is 6.61. The van der Waals surface area contributed by atoms with Crippen LogP contribution < -0.4 is 0 Å². The highest BCUT2D eigenvalue weighted by Crippen LogP contribution is 2.54. The van der Waals surface area contributed by atoms with Crippen LogP contribution in [0.4, 0.5) is 0 Å². The van der Waals surface area contributed by atoms with Crippen molar-refractivity contribution in [2.24, 2.45) is 16.7 Å². The summed E-state index contributed by atoms with van der Waals surface area (Å²) in [5, 5.41) is 0. The lowest BCUT2D eigenvalue weighted by Gasteiger charge is -2.52. The van der Waals surface area contributed by atoms with Crippen LogP contribution in [-0.2, 0) is 0 Å². The lowest BCUT2D eigenvalue weighted by molar-refractivity contribution is -0.0225. The summed E-state index contributed by atoms with van der Waals surface area (Å²) in [7, 11) is 0. The van der Waals surface area contributed by atoms with Gasteiger partial charge in [-0.15, -0.1) is 0 Å². The van der Waals surface area contributed by atoms with E-state index in [1.54, 1.807) is 0 Å². The molecule has 0 aliphatic carbocycles. The number of hydrogen-bond acceptors (Lipinski definition) is 0. The molecule has 0 N–H and O–H groups in total. The molecule has 0 aromatic heterocycles. The van der Waals surface area contributed by atoms with Gasteiger partial charge in [0.25, 0.3) is 0 Å². The summed E-state index contributed by atoms with van der Waals surface area (Å²) in [5.74, 6) is 0.845. The fourth-order valence-electron chi connectivity index (χ4n) is 3.74. The lowest BCUT2D eigenvalue weighted by Crippen LogP contribution is -2.43. The topological polar surface area (TPSA) is 0 Å². The van der Waals surface area contributed by atoms with Crippen LogP contribution in [-0.4, -0.2) is 0 Å². The highest BCUT2D eigenvalue weighted by Gasteiger charge is 2.45. The molecule has 0 aromatic rings. The normalized spacial score (nSPS) is 15.4. The van der Waals surface area contributed by atoms with E-state index < -0.39 is 0 Å². The van der Waals surface area contributed by atoms with E-state index in [0.717, 1.165) is 5.92 Å². The Balaban J connectivity index is 5.23. The molecule has 0 heteroatoms. The van der Waals surface area contributed by atoms with Gasteiger partial charge in [0.15, 0.2) is 0 Å². The molecule has 0 aliphatic heterocycles. The number of rotatable bonds is 7. The van der Waals surface area contributed by atoms with Crippen LogP contribution in [0, 0.1) is 16.7 Å². The van der Waals surface area contributed by atoms with Gasteiger partial charge in [0.1, 0.15) is 0 Å². The molecule has 0 fully saturated rings. The summed E-state index contributed by atoms with van der Waals surface area (Å²) in [5.41, 5.74) is 1.07. The van der Waals surface area contributed by atoms with Crippen molar-refractivity contribution in [3.63, 3.8) is 0 Å². The van der Waals surface area contributed by atoms with Crippen molar-refractivity contribution in [2.45, 2.75) is 80.6 Å². The van der Waals surface area contributed by atoms with Gasteiger partial charge in [-0.1, -0.05) is 67.7 Å². The van der Waals surface area contributed by atoms with Crippen molar-refractivity contribution in [2.75, 3.05) is 0 Å². The molecule has 0 nitrogen and oxygen atoms in total. The van der Waals surface area contributed by atoms with E-state index in [4.69, 9.17) is 0 Å². The molecule has 0 saturated carbocycles. The molecular weight excluding hydrogens is 180 g/mol. The van der Waals surface area contributed by atoms with Crippen LogP contribution in [0.3, 0.4) is 0 Å². The third-order valence-corrected chi connectivity index (χ3v) is 5.58. The Bertz CT molecular complexity index is 161. The first-order chi connectivity index (χ1) is 6.97. The summed E-state index contributed by atoms with van der Waals surface area (Å²) in [4.78, 5) is 0. The monoisotopic (exact) mass is 212 g/mol. The molecule has 0 rings (SSSR count). The van der Waals surface area contributed by atoms with Gasteiger partial charge in [0.05, 0.1) is 0 Å². The van der Waals surface area contributed by atoms with E-state index in [2.05, 4.69) is 48.5 Å². The quantitative estimate of drug-likeness (QED) is 0.510. The van der Waals surface area contributed by atoms with Crippen molar-refractivity contribution >= 4 is 0 Å². The summed E-state index contributed by atoms with van der Waals surface area (Å²) in [6.45, 7) is 16.8. The van der Waals surface area contributed by atoms with Crippen molar-refractivity contribution in [1.82, 2.24) is 0 Å². The summed E-state index contributed by atoms with van der Waals surface area (Å²) < 4.78 is 0. The van der Waals surface area contributed by atoms with Crippen LogP contribution in [0.2, 0.25) is 0 Å². The Morgan fingerprint density at radius 2 is 1.20 bits per heavy atom. The Labute approximate surface area is 97.8 Å². The molecule has 92 valence electrons. The average Bonchev–Trinajstić information content (AvgIpc) is 2.30. The van der Waals surface area contributed by atoms with Crippen LogP contribution in [0.5, 0.6) is 0 Å². The smallest absolute Gasteiger partial charge is 0.0223 e. The highest BCUT2D eigenvalue weighted by molar-refractivity contribution is 4.95. The zero-order valence-corrected chi connectivity index (χ0v) is 12.1. The van der Waals surface area contributed by atoms with Gasteiger partial charge in [0.2, 0.25) is 0 Å². The molecule has 0 saturated heterocycles. The Hall–Kier alpha value is 0. The molecule has 0 bridgehead atoms. The molecule has 0 heterocycles. The first-order valence-corrected chi connectivity index (χ1v) is 6.97. The predicted molar refractivity (Wildman–Crippen MR) is 71.2 cm³/mol. The maximum Gasteiger partial charge on any atom is -0.0223 e. The van der Waals surface area contributed by atoms with E-state index in [9.17, 15) is 0 Å². The van der Waals surface area contributed by atoms with E-state index in [-0.39, 0.29) is 0 Å². The Morgan fingerprint density at radius 1 is 0.800 bits per heavy atom. The lowest BCUT2D eigenvalue weighted by atomic mass is 9.53. The van der Waals surface area contributed by atoms with Gasteiger partial charge in [-0.3, -0.25) is 0 Å². The second kappa shape index (κ2) is 5.92. The maximum atomic E-state index is 2.51. The average molecular weight is 212 g/mol. The summed E-state index contributed by atoms with van der Waals surface area (Å²) >= 11 is 0. The van der Waals surface area contributed by atoms with Gasteiger partial charge >= 0.3 is 0 Å². The predicted octanol–water partition coefficient (Wildman–Crippen LogP) is 5.67. The fraction of sp³-hybridized carbons (Fsp3) is 1.00. The minimum atomic E-state index is 0.520. The minimum absolute atomic E-state index is 0.520. The molecule has 0 spiro atoms. The molecular formula is C15H32. The van der Waals surface area contributed by atoms with Crippen LogP contribution >= 0.6 is 0 Å². The zero-order valence-electron chi connectivity index (χ0n) is 12.1. The fourth-order valence-corrected chi connectivity index (χ4v) is 3.74. The SMILES string of the molecule is CCC(C)C(CC)(CC)C(C)(CC)CC. The molecule has 1 unspecified atom stereocenters. The van der Waals surface area contributed by atoms with E-state index in [1.165, 1.54) is 32.1 Å². The van der Waals surface area contributed by atoms with Gasteiger partial charge < -0.3 is 0 Å². The van der Waals surface area contributed by atoms with Gasteiger partial charge in [-0.05, 0) is 29.6 Å². The first-order valence-electron chi connectivity index (χ1n) is 6.97. The zero-order chi connectivity index (χ0) is 12.1. The standard InChI is InChI=1S/C15H32/c1-8-13(6)15(11-4,12-5)14(7,9-2)10-3/h13H,8-12H2,1-7H3. The van der Waals surface area contributed by atoms with Crippen molar-refractivity contribution in [3.05, 3.63) is 0 Å². The molecule has 0 aliphatic rings. The van der Waals surface area contributed by atoms with Gasteiger partial charge in [-0.25, -0.2) is 0 Å². The Morgan fingerprint density at radius 3 is 1.40 bits per heavy atom. The maximum absolute atomic E-state index is 2.51. The van der Waals surface area contributed by atoms with E-state index in [1.807, 2.05) is 0 Å². The van der Waals surface area contributed by atoms with Gasteiger partial charge in [0, 0.05) is 0 Å². The van der Waals surface area contributed by atoms with Crippen LogP contribution in [0.15, 0.2) is 0 Å². The second-order valence-corrected chi connectivity index (χ2v) is 5.44. The first kappa shape index (κ1) is 15.0. The molecule has 0 aromatic carbocycles. The molecule has 15 heavy (non-hydrogen) atoms. The molecule has 1 atom stereocenters. The minimum Gasteiger partial charge on any atom is -0.0651 e. The summed E-state index contributed by atoms with van der Waals surface area (Å²) in [6, 6.07) is 0. The Kier molecular flexibility index (Phi) is 5.92.